The highest BCUT2D eigenvalue weighted by Gasteiger charge is 2.20. The van der Waals surface area contributed by atoms with E-state index in [0.717, 1.165) is 5.56 Å². The molecule has 0 bridgehead atoms. The summed E-state index contributed by atoms with van der Waals surface area (Å²) in [6.45, 7) is 4.74. The molecule has 2 aromatic carbocycles. The SMILES string of the molecule is CC(C)Cn1nc(C(=O)N(C)Cc2ccc(F)cc2)c2ccccc2c1=O. The number of aromatic nitrogens is 2. The minimum atomic E-state index is -0.318. The molecule has 0 unspecified atom stereocenters. The van der Waals surface area contributed by atoms with Crippen molar-refractivity contribution in [2.24, 2.45) is 5.92 Å². The lowest BCUT2D eigenvalue weighted by atomic mass is 10.1. The average Bonchev–Trinajstić information content (AvgIpc) is 2.65. The summed E-state index contributed by atoms with van der Waals surface area (Å²) in [5, 5.41) is 5.39. The van der Waals surface area contributed by atoms with E-state index in [1.807, 2.05) is 13.8 Å². The summed E-state index contributed by atoms with van der Waals surface area (Å²) in [5.74, 6) is -0.384. The molecule has 1 heterocycles. The van der Waals surface area contributed by atoms with Gasteiger partial charge in [-0.05, 0) is 29.7 Å². The first kappa shape index (κ1) is 18.8. The fraction of sp³-hybridized carbons (Fsp3) is 0.286. The number of hydrogen-bond acceptors (Lipinski definition) is 3. The molecule has 3 aromatic rings. The standard InChI is InChI=1S/C21H22FN3O2/c1-14(2)12-25-20(26)18-7-5-4-6-17(18)19(23-25)21(27)24(3)13-15-8-10-16(22)11-9-15/h4-11,14H,12-13H2,1-3H3. The van der Waals surface area contributed by atoms with E-state index < -0.39 is 0 Å². The first-order chi connectivity index (χ1) is 12.9. The Balaban J connectivity index is 2.01. The van der Waals surface area contributed by atoms with Crippen LogP contribution in [0.2, 0.25) is 0 Å². The largest absolute Gasteiger partial charge is 0.336 e. The second kappa shape index (κ2) is 7.70. The number of carbonyl (C=O) groups excluding carboxylic acids is 1. The number of nitrogens with zero attached hydrogens (tertiary/aromatic N) is 3. The van der Waals surface area contributed by atoms with E-state index in [-0.39, 0.29) is 28.9 Å². The van der Waals surface area contributed by atoms with Gasteiger partial charge in [0.2, 0.25) is 0 Å². The Morgan fingerprint density at radius 3 is 2.37 bits per heavy atom. The van der Waals surface area contributed by atoms with Gasteiger partial charge in [0.05, 0.1) is 5.39 Å². The van der Waals surface area contributed by atoms with Gasteiger partial charge < -0.3 is 4.90 Å². The monoisotopic (exact) mass is 367 g/mol. The van der Waals surface area contributed by atoms with Crippen LogP contribution in [0.15, 0.2) is 53.3 Å². The van der Waals surface area contributed by atoms with Gasteiger partial charge in [-0.25, -0.2) is 9.07 Å². The third kappa shape index (κ3) is 4.05. The van der Waals surface area contributed by atoms with Gasteiger partial charge in [0.1, 0.15) is 5.82 Å². The summed E-state index contributed by atoms with van der Waals surface area (Å²) in [6, 6.07) is 13.0. The van der Waals surface area contributed by atoms with Crippen molar-refractivity contribution in [2.75, 3.05) is 7.05 Å². The van der Waals surface area contributed by atoms with Gasteiger partial charge in [-0.1, -0.05) is 44.2 Å². The van der Waals surface area contributed by atoms with Crippen molar-refractivity contribution in [1.82, 2.24) is 14.7 Å². The zero-order chi connectivity index (χ0) is 19.6. The Labute approximate surface area is 157 Å². The molecule has 0 radical (unpaired) electrons. The molecule has 0 N–H and O–H groups in total. The van der Waals surface area contributed by atoms with E-state index >= 15 is 0 Å². The smallest absolute Gasteiger partial charge is 0.274 e. The highest BCUT2D eigenvalue weighted by molar-refractivity contribution is 6.04. The van der Waals surface area contributed by atoms with Gasteiger partial charge in [0.15, 0.2) is 5.69 Å². The molecule has 0 saturated heterocycles. The van der Waals surface area contributed by atoms with Crippen molar-refractivity contribution in [3.8, 4) is 0 Å². The maximum absolute atomic E-state index is 13.1. The average molecular weight is 367 g/mol. The first-order valence-corrected chi connectivity index (χ1v) is 8.86. The van der Waals surface area contributed by atoms with E-state index in [1.54, 1.807) is 43.4 Å². The van der Waals surface area contributed by atoms with Gasteiger partial charge >= 0.3 is 0 Å². The number of carbonyl (C=O) groups is 1. The van der Waals surface area contributed by atoms with E-state index in [4.69, 9.17) is 0 Å². The maximum Gasteiger partial charge on any atom is 0.274 e. The Morgan fingerprint density at radius 1 is 1.11 bits per heavy atom. The second-order valence-corrected chi connectivity index (χ2v) is 7.06. The van der Waals surface area contributed by atoms with Crippen LogP contribution < -0.4 is 5.56 Å². The first-order valence-electron chi connectivity index (χ1n) is 8.86. The molecule has 1 aromatic heterocycles. The lowest BCUT2D eigenvalue weighted by molar-refractivity contribution is 0.0778. The normalized spacial score (nSPS) is 11.1. The highest BCUT2D eigenvalue weighted by Crippen LogP contribution is 2.16. The van der Waals surface area contributed by atoms with Gasteiger partial charge in [-0.2, -0.15) is 5.10 Å². The van der Waals surface area contributed by atoms with Gasteiger partial charge in [-0.15, -0.1) is 0 Å². The molecule has 0 aliphatic rings. The van der Waals surface area contributed by atoms with Crippen LogP contribution in [-0.2, 0) is 13.1 Å². The van der Waals surface area contributed by atoms with E-state index in [2.05, 4.69) is 5.10 Å². The predicted molar refractivity (Wildman–Crippen MR) is 103 cm³/mol. The van der Waals surface area contributed by atoms with Crippen LogP contribution in [-0.4, -0.2) is 27.6 Å². The minimum Gasteiger partial charge on any atom is -0.336 e. The maximum atomic E-state index is 13.1. The summed E-state index contributed by atoms with van der Waals surface area (Å²) in [6.07, 6.45) is 0. The molecule has 6 heteroatoms. The van der Waals surface area contributed by atoms with E-state index in [1.165, 1.54) is 21.7 Å². The van der Waals surface area contributed by atoms with Crippen molar-refractivity contribution in [1.29, 1.82) is 0 Å². The second-order valence-electron chi connectivity index (χ2n) is 7.06. The van der Waals surface area contributed by atoms with Gasteiger partial charge in [0, 0.05) is 25.5 Å². The molecule has 140 valence electrons. The molecule has 0 saturated carbocycles. The minimum absolute atomic E-state index is 0.197. The highest BCUT2D eigenvalue weighted by atomic mass is 19.1. The van der Waals surface area contributed by atoms with Crippen molar-refractivity contribution in [2.45, 2.75) is 26.9 Å². The van der Waals surface area contributed by atoms with E-state index in [9.17, 15) is 14.0 Å². The molecular formula is C21H22FN3O2. The van der Waals surface area contributed by atoms with Crippen LogP contribution in [0.5, 0.6) is 0 Å². The lowest BCUT2D eigenvalue weighted by Gasteiger charge is -2.19. The molecule has 0 aliphatic carbocycles. The van der Waals surface area contributed by atoms with Crippen LogP contribution in [0.4, 0.5) is 4.39 Å². The van der Waals surface area contributed by atoms with Crippen LogP contribution >= 0.6 is 0 Å². The van der Waals surface area contributed by atoms with E-state index in [0.29, 0.717) is 23.9 Å². The molecule has 0 fully saturated rings. The van der Waals surface area contributed by atoms with Crippen molar-refractivity contribution in [3.05, 3.63) is 76.0 Å². The quantitative estimate of drug-likeness (QED) is 0.694. The summed E-state index contributed by atoms with van der Waals surface area (Å²) in [5.41, 5.74) is 0.861. The van der Waals surface area contributed by atoms with Gasteiger partial charge in [-0.3, -0.25) is 9.59 Å². The lowest BCUT2D eigenvalue weighted by Crippen LogP contribution is -2.32. The fourth-order valence-corrected chi connectivity index (χ4v) is 2.98. The third-order valence-corrected chi connectivity index (χ3v) is 4.29. The van der Waals surface area contributed by atoms with Crippen LogP contribution in [0.25, 0.3) is 10.8 Å². The Bertz CT molecular complexity index is 1030. The van der Waals surface area contributed by atoms with Crippen molar-refractivity contribution < 1.29 is 9.18 Å². The van der Waals surface area contributed by atoms with Crippen molar-refractivity contribution >= 4 is 16.7 Å². The molecule has 5 nitrogen and oxygen atoms in total. The molecule has 1 amide bonds. The number of halogens is 1. The van der Waals surface area contributed by atoms with Crippen LogP contribution in [0.3, 0.4) is 0 Å². The Kier molecular flexibility index (Phi) is 5.35. The number of amides is 1. The topological polar surface area (TPSA) is 55.2 Å². The molecule has 3 rings (SSSR count). The van der Waals surface area contributed by atoms with Crippen LogP contribution in [0, 0.1) is 11.7 Å². The van der Waals surface area contributed by atoms with Crippen molar-refractivity contribution in [3.63, 3.8) is 0 Å². The number of benzene rings is 2. The van der Waals surface area contributed by atoms with Gasteiger partial charge in [0.25, 0.3) is 11.5 Å². The number of hydrogen-bond donors (Lipinski definition) is 0. The Hall–Kier alpha value is -3.02. The number of fused-ring (bicyclic) bond motifs is 1. The third-order valence-electron chi connectivity index (χ3n) is 4.29. The fourth-order valence-electron chi connectivity index (χ4n) is 2.98. The molecular weight excluding hydrogens is 345 g/mol. The number of rotatable bonds is 5. The Morgan fingerprint density at radius 2 is 1.74 bits per heavy atom. The summed E-state index contributed by atoms with van der Waals surface area (Å²) in [4.78, 5) is 27.2. The summed E-state index contributed by atoms with van der Waals surface area (Å²) in [7, 11) is 1.67. The molecule has 0 atom stereocenters. The zero-order valence-electron chi connectivity index (χ0n) is 15.6. The summed E-state index contributed by atoms with van der Waals surface area (Å²) < 4.78 is 14.5. The predicted octanol–water partition coefficient (Wildman–Crippen LogP) is 3.46. The zero-order valence-corrected chi connectivity index (χ0v) is 15.6. The summed E-state index contributed by atoms with van der Waals surface area (Å²) >= 11 is 0. The molecule has 0 spiro atoms. The molecule has 27 heavy (non-hydrogen) atoms. The molecule has 0 aliphatic heterocycles. The van der Waals surface area contributed by atoms with Crippen LogP contribution in [0.1, 0.15) is 29.9 Å².